The number of carbonyl (C=O) groups is 1. The summed E-state index contributed by atoms with van der Waals surface area (Å²) < 4.78 is 11.1. The first-order chi connectivity index (χ1) is 12.3. The van der Waals surface area contributed by atoms with E-state index in [1.165, 1.54) is 6.20 Å². The summed E-state index contributed by atoms with van der Waals surface area (Å²) in [4.78, 5) is 16.6. The van der Waals surface area contributed by atoms with Crippen molar-refractivity contribution in [2.45, 2.75) is 6.54 Å². The van der Waals surface area contributed by atoms with Crippen LogP contribution in [0.4, 0.5) is 0 Å². The molecule has 3 aromatic rings. The van der Waals surface area contributed by atoms with E-state index in [2.05, 4.69) is 20.5 Å². The predicted molar refractivity (Wildman–Crippen MR) is 90.4 cm³/mol. The molecule has 2 N–H and O–H groups in total. The second kappa shape index (κ2) is 6.64. The van der Waals surface area contributed by atoms with Crippen LogP contribution in [0.25, 0.3) is 11.3 Å². The zero-order chi connectivity index (χ0) is 17.1. The molecular weight excluding hydrogens is 320 g/mol. The Labute approximate surface area is 144 Å². The molecule has 2 aromatic heterocycles. The normalized spacial score (nSPS) is 12.6. The smallest absolute Gasteiger partial charge is 0.255 e. The number of rotatable bonds is 4. The number of aromatic amines is 1. The molecule has 0 saturated heterocycles. The Morgan fingerprint density at radius 3 is 2.88 bits per heavy atom. The van der Waals surface area contributed by atoms with Gasteiger partial charge in [-0.15, -0.1) is 0 Å². The van der Waals surface area contributed by atoms with E-state index in [-0.39, 0.29) is 5.91 Å². The molecule has 0 radical (unpaired) electrons. The number of benzene rings is 1. The summed E-state index contributed by atoms with van der Waals surface area (Å²) in [5, 5.41) is 9.78. The monoisotopic (exact) mass is 336 g/mol. The Morgan fingerprint density at radius 1 is 1.16 bits per heavy atom. The second-order valence-electron chi connectivity index (χ2n) is 5.56. The van der Waals surface area contributed by atoms with Crippen LogP contribution >= 0.6 is 0 Å². The lowest BCUT2D eigenvalue weighted by Crippen LogP contribution is -2.23. The molecule has 25 heavy (non-hydrogen) atoms. The van der Waals surface area contributed by atoms with Gasteiger partial charge in [0.15, 0.2) is 11.5 Å². The second-order valence-corrected chi connectivity index (χ2v) is 5.56. The zero-order valence-electron chi connectivity index (χ0n) is 13.4. The average molecular weight is 336 g/mol. The summed E-state index contributed by atoms with van der Waals surface area (Å²) in [7, 11) is 0. The highest BCUT2D eigenvalue weighted by Gasteiger charge is 2.18. The number of ether oxygens (including phenoxy) is 2. The van der Waals surface area contributed by atoms with E-state index < -0.39 is 0 Å². The van der Waals surface area contributed by atoms with Gasteiger partial charge in [0.2, 0.25) is 0 Å². The summed E-state index contributed by atoms with van der Waals surface area (Å²) in [5.41, 5.74) is 2.86. The molecular formula is C18H16N4O3. The molecule has 0 aliphatic carbocycles. The summed E-state index contributed by atoms with van der Waals surface area (Å²) in [6, 6.07) is 9.30. The van der Waals surface area contributed by atoms with E-state index in [1.54, 1.807) is 12.4 Å². The van der Waals surface area contributed by atoms with Gasteiger partial charge in [0.05, 0.1) is 17.5 Å². The number of pyridine rings is 1. The van der Waals surface area contributed by atoms with Crippen LogP contribution in [0.2, 0.25) is 0 Å². The maximum absolute atomic E-state index is 12.5. The van der Waals surface area contributed by atoms with Gasteiger partial charge in [0.25, 0.3) is 5.91 Å². The van der Waals surface area contributed by atoms with Crippen LogP contribution in [0.5, 0.6) is 11.5 Å². The molecule has 0 unspecified atom stereocenters. The summed E-state index contributed by atoms with van der Waals surface area (Å²) in [5.74, 6) is 1.17. The van der Waals surface area contributed by atoms with Crippen LogP contribution in [0.1, 0.15) is 15.9 Å². The Hall–Kier alpha value is -3.35. The van der Waals surface area contributed by atoms with Gasteiger partial charge in [0.1, 0.15) is 13.2 Å². The molecule has 0 bridgehead atoms. The van der Waals surface area contributed by atoms with E-state index in [9.17, 15) is 4.79 Å². The van der Waals surface area contributed by atoms with Crippen molar-refractivity contribution in [3.8, 4) is 22.8 Å². The highest BCUT2D eigenvalue weighted by atomic mass is 16.6. The highest BCUT2D eigenvalue weighted by molar-refractivity contribution is 5.99. The van der Waals surface area contributed by atoms with E-state index in [0.29, 0.717) is 42.5 Å². The number of nitrogens with one attached hydrogen (secondary N) is 2. The number of aromatic nitrogens is 3. The van der Waals surface area contributed by atoms with Gasteiger partial charge in [-0.1, -0.05) is 6.07 Å². The lowest BCUT2D eigenvalue weighted by atomic mass is 10.1. The third-order valence-electron chi connectivity index (χ3n) is 3.89. The fourth-order valence-electron chi connectivity index (χ4n) is 2.66. The molecule has 0 spiro atoms. The summed E-state index contributed by atoms with van der Waals surface area (Å²) >= 11 is 0. The lowest BCUT2D eigenvalue weighted by molar-refractivity contribution is 0.0951. The first-order valence-corrected chi connectivity index (χ1v) is 7.92. The van der Waals surface area contributed by atoms with Crippen molar-refractivity contribution < 1.29 is 14.3 Å². The fraction of sp³-hybridized carbons (Fsp3) is 0.167. The van der Waals surface area contributed by atoms with E-state index in [4.69, 9.17) is 9.47 Å². The Morgan fingerprint density at radius 2 is 2.04 bits per heavy atom. The van der Waals surface area contributed by atoms with Crippen LogP contribution in [-0.4, -0.2) is 34.3 Å². The van der Waals surface area contributed by atoms with Gasteiger partial charge in [-0.2, -0.15) is 5.10 Å². The predicted octanol–water partition coefficient (Wildman–Crippen LogP) is 2.17. The van der Waals surface area contributed by atoms with Crippen molar-refractivity contribution in [2.24, 2.45) is 0 Å². The number of carbonyl (C=O) groups excluding carboxylic acids is 1. The Bertz CT molecular complexity index is 892. The van der Waals surface area contributed by atoms with Gasteiger partial charge < -0.3 is 14.8 Å². The molecule has 7 nitrogen and oxygen atoms in total. The fourth-order valence-corrected chi connectivity index (χ4v) is 2.66. The third kappa shape index (κ3) is 3.16. The Balaban J connectivity index is 1.55. The van der Waals surface area contributed by atoms with Crippen molar-refractivity contribution in [1.29, 1.82) is 0 Å². The maximum Gasteiger partial charge on any atom is 0.255 e. The molecule has 7 heteroatoms. The van der Waals surface area contributed by atoms with Gasteiger partial charge in [-0.05, 0) is 29.8 Å². The quantitative estimate of drug-likeness (QED) is 0.762. The van der Waals surface area contributed by atoms with Crippen LogP contribution in [0.3, 0.4) is 0 Å². The largest absolute Gasteiger partial charge is 0.486 e. The van der Waals surface area contributed by atoms with Gasteiger partial charge >= 0.3 is 0 Å². The minimum absolute atomic E-state index is 0.206. The summed E-state index contributed by atoms with van der Waals surface area (Å²) in [6.45, 7) is 1.45. The molecule has 0 atom stereocenters. The first kappa shape index (κ1) is 15.2. The molecule has 1 aromatic carbocycles. The van der Waals surface area contributed by atoms with Crippen LogP contribution in [-0.2, 0) is 6.54 Å². The molecule has 1 amide bonds. The lowest BCUT2D eigenvalue weighted by Gasteiger charge is -2.18. The molecule has 1 aliphatic heterocycles. The topological polar surface area (TPSA) is 89.1 Å². The third-order valence-corrected chi connectivity index (χ3v) is 3.89. The summed E-state index contributed by atoms with van der Waals surface area (Å²) in [6.07, 6.45) is 4.93. The van der Waals surface area contributed by atoms with Crippen LogP contribution in [0, 0.1) is 0 Å². The standard InChI is InChI=1S/C18H16N4O3/c23-18(20-10-12-2-1-5-19-9-12)14-11-21-22-17(14)13-3-4-15-16(8-13)25-7-6-24-15/h1-5,8-9,11H,6-7,10H2,(H,20,23)(H,21,22). The molecule has 0 saturated carbocycles. The van der Waals surface area contributed by atoms with Gasteiger partial charge in [-0.25, -0.2) is 0 Å². The van der Waals surface area contributed by atoms with E-state index in [0.717, 1.165) is 11.1 Å². The van der Waals surface area contributed by atoms with Gasteiger partial charge in [0, 0.05) is 24.5 Å². The van der Waals surface area contributed by atoms with Crippen molar-refractivity contribution in [3.63, 3.8) is 0 Å². The van der Waals surface area contributed by atoms with Crippen molar-refractivity contribution in [3.05, 3.63) is 60.0 Å². The SMILES string of the molecule is O=C(NCc1cccnc1)c1cn[nH]c1-c1ccc2c(c1)OCCO2. The minimum atomic E-state index is -0.206. The molecule has 4 rings (SSSR count). The maximum atomic E-state index is 12.5. The number of hydrogen-bond donors (Lipinski definition) is 2. The van der Waals surface area contributed by atoms with Crippen molar-refractivity contribution in [1.82, 2.24) is 20.5 Å². The van der Waals surface area contributed by atoms with Crippen molar-refractivity contribution in [2.75, 3.05) is 13.2 Å². The van der Waals surface area contributed by atoms with E-state index >= 15 is 0 Å². The first-order valence-electron chi connectivity index (χ1n) is 7.92. The molecule has 1 aliphatic rings. The minimum Gasteiger partial charge on any atom is -0.486 e. The number of nitrogens with zero attached hydrogens (tertiary/aromatic N) is 2. The highest BCUT2D eigenvalue weighted by Crippen LogP contribution is 2.34. The van der Waals surface area contributed by atoms with Gasteiger partial charge in [-0.3, -0.25) is 14.9 Å². The van der Waals surface area contributed by atoms with Crippen molar-refractivity contribution >= 4 is 5.91 Å². The number of hydrogen-bond acceptors (Lipinski definition) is 5. The number of fused-ring (bicyclic) bond motifs is 1. The average Bonchev–Trinajstić information content (AvgIpc) is 3.16. The van der Waals surface area contributed by atoms with E-state index in [1.807, 2.05) is 30.3 Å². The molecule has 0 fully saturated rings. The number of H-pyrrole nitrogens is 1. The molecule has 3 heterocycles. The number of amides is 1. The Kier molecular flexibility index (Phi) is 4.04. The zero-order valence-corrected chi connectivity index (χ0v) is 13.4. The van der Waals surface area contributed by atoms with Crippen LogP contribution in [0.15, 0.2) is 48.9 Å². The molecule has 126 valence electrons. The van der Waals surface area contributed by atoms with Crippen LogP contribution < -0.4 is 14.8 Å².